The largest absolute Gasteiger partial charge is 0.463 e. The number of rotatable bonds is 7. The molecule has 16 heavy (non-hydrogen) atoms. The van der Waals surface area contributed by atoms with Crippen molar-refractivity contribution in [2.45, 2.75) is 19.3 Å². The van der Waals surface area contributed by atoms with E-state index in [1.807, 2.05) is 0 Å². The van der Waals surface area contributed by atoms with E-state index < -0.39 is 31.5 Å². The minimum Gasteiger partial charge on any atom is -0.463 e. The van der Waals surface area contributed by atoms with E-state index in [1.54, 1.807) is 6.92 Å². The molecule has 0 rings (SSSR count). The van der Waals surface area contributed by atoms with E-state index in [1.165, 1.54) is 0 Å². The molecule has 0 aliphatic carbocycles. The van der Waals surface area contributed by atoms with Crippen LogP contribution >= 0.6 is 0 Å². The molecule has 0 N–H and O–H groups in total. The van der Waals surface area contributed by atoms with Crippen molar-refractivity contribution in [2.24, 2.45) is 0 Å². The zero-order chi connectivity index (χ0) is 12.8. The van der Waals surface area contributed by atoms with E-state index in [0.717, 1.165) is 0 Å². The van der Waals surface area contributed by atoms with Crippen molar-refractivity contribution in [3.63, 3.8) is 0 Å². The number of alkyl halides is 4. The fraction of sp³-hybridized carbons (Fsp3) is 0.667. The molecule has 0 heterocycles. The number of hydrogen-bond acceptors (Lipinski definition) is 3. The van der Waals surface area contributed by atoms with Crippen LogP contribution in [-0.2, 0) is 14.3 Å². The molecular weight excluding hydrogens is 232 g/mol. The molecule has 0 bridgehead atoms. The van der Waals surface area contributed by atoms with Crippen LogP contribution in [0.3, 0.4) is 0 Å². The van der Waals surface area contributed by atoms with Crippen molar-refractivity contribution in [1.29, 1.82) is 0 Å². The summed E-state index contributed by atoms with van der Waals surface area (Å²) in [5.41, 5.74) is -0.202. The predicted molar refractivity (Wildman–Crippen MR) is 47.5 cm³/mol. The monoisotopic (exact) mass is 244 g/mol. The van der Waals surface area contributed by atoms with E-state index in [2.05, 4.69) is 16.1 Å². The van der Waals surface area contributed by atoms with Crippen LogP contribution in [0.2, 0.25) is 0 Å². The number of ether oxygens (including phenoxy) is 2. The normalized spacial score (nSPS) is 11.6. The van der Waals surface area contributed by atoms with Gasteiger partial charge < -0.3 is 9.47 Å². The molecule has 0 unspecified atom stereocenters. The molecule has 0 aromatic rings. The molecule has 94 valence electrons. The van der Waals surface area contributed by atoms with Crippen LogP contribution in [-0.4, -0.2) is 38.1 Å². The molecule has 0 fully saturated rings. The lowest BCUT2D eigenvalue weighted by Crippen LogP contribution is -2.32. The number of carbonyl (C=O) groups excluding carboxylic acids is 1. The third-order valence-corrected chi connectivity index (χ3v) is 1.45. The zero-order valence-electron chi connectivity index (χ0n) is 8.64. The third kappa shape index (κ3) is 5.11. The van der Waals surface area contributed by atoms with Crippen LogP contribution in [0.1, 0.15) is 6.92 Å². The summed E-state index contributed by atoms with van der Waals surface area (Å²) in [5, 5.41) is 0. The molecule has 0 saturated heterocycles. The zero-order valence-corrected chi connectivity index (χ0v) is 8.64. The van der Waals surface area contributed by atoms with Gasteiger partial charge in [-0.15, -0.1) is 0 Å². The van der Waals surface area contributed by atoms with Gasteiger partial charge >= 0.3 is 18.3 Å². The van der Waals surface area contributed by atoms with Gasteiger partial charge in [-0.3, -0.25) is 0 Å². The molecule has 0 atom stereocenters. The fourth-order valence-electron chi connectivity index (χ4n) is 0.665. The van der Waals surface area contributed by atoms with Crippen LogP contribution < -0.4 is 0 Å². The Labute approximate surface area is 90.0 Å². The number of carbonyl (C=O) groups is 1. The van der Waals surface area contributed by atoms with Crippen LogP contribution in [0.5, 0.6) is 0 Å². The molecule has 0 aromatic heterocycles. The van der Waals surface area contributed by atoms with E-state index in [-0.39, 0.29) is 12.2 Å². The summed E-state index contributed by atoms with van der Waals surface area (Å²) in [6.45, 7) is 2.82. The quantitative estimate of drug-likeness (QED) is 0.390. The lowest BCUT2D eigenvalue weighted by Gasteiger charge is -2.15. The topological polar surface area (TPSA) is 35.5 Å². The summed E-state index contributed by atoms with van der Waals surface area (Å²) >= 11 is 0. The van der Waals surface area contributed by atoms with Gasteiger partial charge in [0.25, 0.3) is 0 Å². The molecule has 0 saturated carbocycles. The van der Waals surface area contributed by atoms with E-state index in [0.29, 0.717) is 0 Å². The first-order valence-corrected chi connectivity index (χ1v) is 4.40. The Morgan fingerprint density at radius 1 is 1.44 bits per heavy atom. The van der Waals surface area contributed by atoms with Gasteiger partial charge in [0.05, 0.1) is 18.8 Å². The molecule has 0 aromatic carbocycles. The van der Waals surface area contributed by atoms with Gasteiger partial charge in [-0.1, -0.05) is 6.58 Å². The number of hydrogen-bond donors (Lipinski definition) is 0. The highest BCUT2D eigenvalue weighted by Crippen LogP contribution is 2.22. The Bertz CT molecular complexity index is 253. The van der Waals surface area contributed by atoms with Crippen molar-refractivity contribution in [1.82, 2.24) is 0 Å². The second-order valence-electron chi connectivity index (χ2n) is 2.88. The maximum atomic E-state index is 12.3. The Morgan fingerprint density at radius 3 is 2.44 bits per heavy atom. The van der Waals surface area contributed by atoms with Gasteiger partial charge in [0, 0.05) is 0 Å². The second kappa shape index (κ2) is 6.47. The van der Waals surface area contributed by atoms with Gasteiger partial charge in [-0.05, 0) is 6.92 Å². The summed E-state index contributed by atoms with van der Waals surface area (Å²) in [6, 6.07) is 0. The first-order chi connectivity index (χ1) is 7.31. The van der Waals surface area contributed by atoms with Gasteiger partial charge in [0.2, 0.25) is 0 Å². The first-order valence-electron chi connectivity index (χ1n) is 4.40. The first kappa shape index (κ1) is 14.9. The maximum Gasteiger partial charge on any atom is 0.335 e. The lowest BCUT2D eigenvalue weighted by molar-refractivity contribution is -0.165. The SMILES string of the molecule is C=C(COCC(F)(F)C(F)F)C(=O)OCC. The van der Waals surface area contributed by atoms with E-state index in [9.17, 15) is 22.4 Å². The fourth-order valence-corrected chi connectivity index (χ4v) is 0.665. The van der Waals surface area contributed by atoms with E-state index >= 15 is 0 Å². The highest BCUT2D eigenvalue weighted by atomic mass is 19.3. The highest BCUT2D eigenvalue weighted by Gasteiger charge is 2.41. The summed E-state index contributed by atoms with van der Waals surface area (Å²) in [5.74, 6) is -5.03. The van der Waals surface area contributed by atoms with Gasteiger partial charge in [0.1, 0.15) is 6.61 Å². The minimum absolute atomic E-state index is 0.102. The average Bonchev–Trinajstić information content (AvgIpc) is 2.17. The standard InChI is InChI=1S/C9H12F4O3/c1-3-16-7(14)6(2)4-15-5-9(12,13)8(10)11/h8H,2-5H2,1H3. The molecule has 3 nitrogen and oxygen atoms in total. The number of esters is 1. The van der Waals surface area contributed by atoms with Crippen molar-refractivity contribution >= 4 is 5.97 Å². The molecule has 0 radical (unpaired) electrons. The van der Waals surface area contributed by atoms with Crippen LogP contribution in [0.15, 0.2) is 12.2 Å². The Kier molecular flexibility index (Phi) is 6.02. The summed E-state index contributed by atoms with van der Waals surface area (Å²) in [4.78, 5) is 10.9. The predicted octanol–water partition coefficient (Wildman–Crippen LogP) is 2.02. The summed E-state index contributed by atoms with van der Waals surface area (Å²) < 4.78 is 56.7. The highest BCUT2D eigenvalue weighted by molar-refractivity contribution is 5.87. The van der Waals surface area contributed by atoms with Crippen molar-refractivity contribution in [3.8, 4) is 0 Å². The summed E-state index contributed by atoms with van der Waals surface area (Å²) in [6.07, 6.45) is -3.80. The second-order valence-corrected chi connectivity index (χ2v) is 2.88. The molecule has 0 aliphatic heterocycles. The van der Waals surface area contributed by atoms with Crippen molar-refractivity contribution in [2.75, 3.05) is 19.8 Å². The van der Waals surface area contributed by atoms with Crippen LogP contribution in [0, 0.1) is 0 Å². The van der Waals surface area contributed by atoms with Crippen molar-refractivity contribution < 1.29 is 31.8 Å². The van der Waals surface area contributed by atoms with Crippen LogP contribution in [0.25, 0.3) is 0 Å². The molecule has 7 heteroatoms. The van der Waals surface area contributed by atoms with Crippen molar-refractivity contribution in [3.05, 3.63) is 12.2 Å². The Hall–Kier alpha value is -1.11. The van der Waals surface area contributed by atoms with Gasteiger partial charge in [-0.25, -0.2) is 13.6 Å². The average molecular weight is 244 g/mol. The molecule has 0 aliphatic rings. The van der Waals surface area contributed by atoms with Crippen LogP contribution in [0.4, 0.5) is 17.6 Å². The minimum atomic E-state index is -4.23. The third-order valence-electron chi connectivity index (χ3n) is 1.45. The Morgan fingerprint density at radius 2 is 2.00 bits per heavy atom. The summed E-state index contributed by atoms with van der Waals surface area (Å²) in [7, 11) is 0. The van der Waals surface area contributed by atoms with Gasteiger partial charge in [-0.2, -0.15) is 8.78 Å². The Balaban J connectivity index is 3.91. The smallest absolute Gasteiger partial charge is 0.335 e. The van der Waals surface area contributed by atoms with Gasteiger partial charge in [0.15, 0.2) is 0 Å². The maximum absolute atomic E-state index is 12.3. The van der Waals surface area contributed by atoms with E-state index in [4.69, 9.17) is 0 Å². The lowest BCUT2D eigenvalue weighted by atomic mass is 10.3. The molecule has 0 amide bonds. The molecular formula is C9H12F4O3. The molecule has 0 spiro atoms. The number of halogens is 4.